The van der Waals surface area contributed by atoms with Crippen LogP contribution >= 0.6 is 11.6 Å². The van der Waals surface area contributed by atoms with E-state index in [1.165, 1.54) is 13.0 Å². The van der Waals surface area contributed by atoms with Gasteiger partial charge in [-0.05, 0) is 49.7 Å². The third-order valence-corrected chi connectivity index (χ3v) is 6.77. The molecule has 1 saturated heterocycles. The van der Waals surface area contributed by atoms with Crippen molar-refractivity contribution in [2.24, 2.45) is 0 Å². The molecule has 0 saturated carbocycles. The fourth-order valence-electron chi connectivity index (χ4n) is 2.89. The predicted molar refractivity (Wildman–Crippen MR) is 111 cm³/mol. The van der Waals surface area contributed by atoms with Crippen LogP contribution in [0.1, 0.15) is 12.5 Å². The first kappa shape index (κ1) is 22.5. The maximum atomic E-state index is 14.3. The summed E-state index contributed by atoms with van der Waals surface area (Å²) in [5.41, 5.74) is 1.05. The van der Waals surface area contributed by atoms with Gasteiger partial charge in [0, 0.05) is 18.8 Å². The first-order valence-electron chi connectivity index (χ1n) is 9.29. The third-order valence-electron chi connectivity index (χ3n) is 4.55. The Morgan fingerprint density at radius 2 is 1.93 bits per heavy atom. The lowest BCUT2D eigenvalue weighted by molar-refractivity contribution is -0.122. The van der Waals surface area contributed by atoms with E-state index in [4.69, 9.17) is 21.1 Å². The number of amides is 1. The molecule has 3 rings (SSSR count). The second-order valence-electron chi connectivity index (χ2n) is 6.84. The molecule has 7 nitrogen and oxygen atoms in total. The van der Waals surface area contributed by atoms with Gasteiger partial charge in [-0.15, -0.1) is 0 Å². The number of carbonyl (C=O) groups excluding carboxylic acids is 1. The molecule has 1 amide bonds. The molecule has 0 bridgehead atoms. The Morgan fingerprint density at radius 3 is 2.63 bits per heavy atom. The van der Waals surface area contributed by atoms with Crippen LogP contribution in [-0.4, -0.2) is 51.0 Å². The highest BCUT2D eigenvalue weighted by Gasteiger charge is 2.29. The number of benzene rings is 2. The molecule has 0 aliphatic carbocycles. The number of nitrogens with zero attached hydrogens (tertiary/aromatic N) is 1. The Balaban J connectivity index is 1.76. The van der Waals surface area contributed by atoms with Crippen molar-refractivity contribution in [1.82, 2.24) is 4.31 Å². The van der Waals surface area contributed by atoms with Gasteiger partial charge < -0.3 is 14.8 Å². The average molecular weight is 457 g/mol. The molecule has 0 radical (unpaired) electrons. The summed E-state index contributed by atoms with van der Waals surface area (Å²) in [6, 6.07) is 8.58. The van der Waals surface area contributed by atoms with Gasteiger partial charge >= 0.3 is 0 Å². The van der Waals surface area contributed by atoms with Crippen LogP contribution in [0.15, 0.2) is 41.3 Å². The Bertz CT molecular complexity index is 1040. The van der Waals surface area contributed by atoms with E-state index < -0.39 is 32.7 Å². The molecule has 1 N–H and O–H groups in total. The van der Waals surface area contributed by atoms with Crippen LogP contribution in [0.25, 0.3) is 0 Å². The first-order chi connectivity index (χ1) is 14.2. The summed E-state index contributed by atoms with van der Waals surface area (Å²) in [4.78, 5) is 12.0. The molecule has 10 heteroatoms. The summed E-state index contributed by atoms with van der Waals surface area (Å²) in [6.07, 6.45) is -0.923. The molecule has 1 unspecified atom stereocenters. The van der Waals surface area contributed by atoms with Crippen molar-refractivity contribution in [3.8, 4) is 5.75 Å². The fourth-order valence-corrected chi connectivity index (χ4v) is 4.55. The van der Waals surface area contributed by atoms with E-state index in [1.54, 1.807) is 12.1 Å². The van der Waals surface area contributed by atoms with Crippen molar-refractivity contribution in [3.63, 3.8) is 0 Å². The van der Waals surface area contributed by atoms with Crippen LogP contribution in [0, 0.1) is 12.7 Å². The Kier molecular flexibility index (Phi) is 6.97. The standard InChI is InChI=1S/C20H22ClFN2O5S/c1-13-3-5-16(21)18(11-13)29-14(2)20(25)23-15-4-6-17(22)19(12-15)30(26,27)24-7-9-28-10-8-24/h3-6,11-12,14H,7-10H2,1-2H3,(H,23,25). The number of morpholine rings is 1. The number of anilines is 1. The zero-order chi connectivity index (χ0) is 21.9. The number of nitrogens with one attached hydrogen (secondary N) is 1. The van der Waals surface area contributed by atoms with Crippen molar-refractivity contribution < 1.29 is 27.1 Å². The average Bonchev–Trinajstić information content (AvgIpc) is 2.72. The van der Waals surface area contributed by atoms with E-state index in [2.05, 4.69) is 5.32 Å². The lowest BCUT2D eigenvalue weighted by atomic mass is 10.2. The van der Waals surface area contributed by atoms with Crippen LogP contribution in [-0.2, 0) is 19.6 Å². The van der Waals surface area contributed by atoms with Crippen molar-refractivity contribution in [2.45, 2.75) is 24.8 Å². The smallest absolute Gasteiger partial charge is 0.265 e. The number of rotatable bonds is 6. The van der Waals surface area contributed by atoms with E-state index in [0.29, 0.717) is 10.8 Å². The summed E-state index contributed by atoms with van der Waals surface area (Å²) < 4.78 is 51.8. The van der Waals surface area contributed by atoms with Gasteiger partial charge in [0.05, 0.1) is 18.2 Å². The highest BCUT2D eigenvalue weighted by Crippen LogP contribution is 2.27. The molecule has 1 fully saturated rings. The van der Waals surface area contributed by atoms with Gasteiger partial charge in [0.2, 0.25) is 10.0 Å². The van der Waals surface area contributed by atoms with Gasteiger partial charge in [0.25, 0.3) is 5.91 Å². The minimum Gasteiger partial charge on any atom is -0.479 e. The van der Waals surface area contributed by atoms with Crippen LogP contribution in [0.4, 0.5) is 10.1 Å². The van der Waals surface area contributed by atoms with Crippen molar-refractivity contribution in [3.05, 3.63) is 52.8 Å². The van der Waals surface area contributed by atoms with Gasteiger partial charge in [-0.2, -0.15) is 4.31 Å². The largest absolute Gasteiger partial charge is 0.479 e. The summed E-state index contributed by atoms with van der Waals surface area (Å²) in [6.45, 7) is 4.16. The van der Waals surface area contributed by atoms with Gasteiger partial charge in [-0.1, -0.05) is 17.7 Å². The van der Waals surface area contributed by atoms with E-state index in [1.807, 2.05) is 13.0 Å². The molecule has 2 aromatic carbocycles. The molecule has 1 aliphatic heterocycles. The van der Waals surface area contributed by atoms with Crippen molar-refractivity contribution >= 4 is 33.2 Å². The number of hydrogen-bond donors (Lipinski definition) is 1. The molecular weight excluding hydrogens is 435 g/mol. The van der Waals surface area contributed by atoms with Gasteiger partial charge in [0.15, 0.2) is 6.10 Å². The highest BCUT2D eigenvalue weighted by molar-refractivity contribution is 7.89. The highest BCUT2D eigenvalue weighted by atomic mass is 35.5. The van der Waals surface area contributed by atoms with Gasteiger partial charge in [-0.25, -0.2) is 12.8 Å². The number of halogens is 2. The monoisotopic (exact) mass is 456 g/mol. The number of aryl methyl sites for hydroxylation is 1. The summed E-state index contributed by atoms with van der Waals surface area (Å²) in [7, 11) is -4.05. The molecule has 30 heavy (non-hydrogen) atoms. The maximum absolute atomic E-state index is 14.3. The zero-order valence-electron chi connectivity index (χ0n) is 16.5. The van der Waals surface area contributed by atoms with Gasteiger partial charge in [0.1, 0.15) is 16.5 Å². The Labute approximate surface area is 179 Å². The topological polar surface area (TPSA) is 84.9 Å². The molecule has 0 aromatic heterocycles. The summed E-state index contributed by atoms with van der Waals surface area (Å²) in [5.74, 6) is -1.07. The lowest BCUT2D eigenvalue weighted by Crippen LogP contribution is -2.41. The van der Waals surface area contributed by atoms with Crippen molar-refractivity contribution in [2.75, 3.05) is 31.6 Å². The molecule has 0 spiro atoms. The molecule has 2 aromatic rings. The molecule has 1 heterocycles. The molecular formula is C20H22ClFN2O5S. The summed E-state index contributed by atoms with van der Waals surface area (Å²) >= 11 is 6.09. The quantitative estimate of drug-likeness (QED) is 0.721. The lowest BCUT2D eigenvalue weighted by Gasteiger charge is -2.26. The van der Waals surface area contributed by atoms with Crippen molar-refractivity contribution in [1.29, 1.82) is 0 Å². The van der Waals surface area contributed by atoms with Crippen LogP contribution in [0.5, 0.6) is 5.75 Å². The SMILES string of the molecule is Cc1ccc(Cl)c(OC(C)C(=O)Nc2ccc(F)c(S(=O)(=O)N3CCOCC3)c2)c1. The minimum absolute atomic E-state index is 0.138. The first-order valence-corrected chi connectivity index (χ1v) is 11.1. The Morgan fingerprint density at radius 1 is 1.23 bits per heavy atom. The van der Waals surface area contributed by atoms with Gasteiger partial charge in [-0.3, -0.25) is 4.79 Å². The van der Waals surface area contributed by atoms with E-state index in [9.17, 15) is 17.6 Å². The van der Waals surface area contributed by atoms with E-state index >= 15 is 0 Å². The predicted octanol–water partition coefficient (Wildman–Crippen LogP) is 3.21. The van der Waals surface area contributed by atoms with E-state index in [0.717, 1.165) is 22.0 Å². The second kappa shape index (κ2) is 9.30. The second-order valence-corrected chi connectivity index (χ2v) is 9.16. The number of carbonyl (C=O) groups is 1. The summed E-state index contributed by atoms with van der Waals surface area (Å²) in [5, 5.41) is 2.92. The van der Waals surface area contributed by atoms with Crippen LogP contribution in [0.2, 0.25) is 5.02 Å². The van der Waals surface area contributed by atoms with Crippen LogP contribution < -0.4 is 10.1 Å². The zero-order valence-corrected chi connectivity index (χ0v) is 18.1. The normalized spacial score (nSPS) is 16.1. The van der Waals surface area contributed by atoms with E-state index in [-0.39, 0.29) is 32.0 Å². The number of hydrogen-bond acceptors (Lipinski definition) is 5. The molecule has 1 atom stereocenters. The maximum Gasteiger partial charge on any atom is 0.265 e. The fraction of sp³-hybridized carbons (Fsp3) is 0.350. The molecule has 162 valence electrons. The Hall–Kier alpha value is -2.20. The van der Waals surface area contributed by atoms with Crippen LogP contribution in [0.3, 0.4) is 0 Å². The number of ether oxygens (including phenoxy) is 2. The minimum atomic E-state index is -4.05. The third kappa shape index (κ3) is 5.10. The molecule has 1 aliphatic rings. The number of sulfonamides is 1.